The van der Waals surface area contributed by atoms with Gasteiger partial charge in [-0.1, -0.05) is 11.3 Å². The predicted octanol–water partition coefficient (Wildman–Crippen LogP) is 2.06. The van der Waals surface area contributed by atoms with Gasteiger partial charge in [0, 0.05) is 39.1 Å². The Labute approximate surface area is 186 Å². The molecule has 0 radical (unpaired) electrons. The fourth-order valence-corrected chi connectivity index (χ4v) is 5.01. The molecule has 1 atom stereocenters. The van der Waals surface area contributed by atoms with E-state index in [1.807, 2.05) is 31.1 Å². The van der Waals surface area contributed by atoms with Crippen LogP contribution in [0, 0.1) is 5.92 Å². The average molecular weight is 447 g/mol. The molecule has 2 amide bonds. The van der Waals surface area contributed by atoms with Crippen molar-refractivity contribution in [3.05, 3.63) is 24.2 Å². The van der Waals surface area contributed by atoms with Crippen LogP contribution in [0.15, 0.2) is 22.8 Å². The minimum Gasteiger partial charge on any atom is -0.467 e. The number of rotatable bonds is 8. The van der Waals surface area contributed by atoms with Crippen molar-refractivity contribution in [1.82, 2.24) is 20.0 Å². The fourth-order valence-electron chi connectivity index (χ4n) is 4.08. The van der Waals surface area contributed by atoms with E-state index in [-0.39, 0.29) is 17.7 Å². The maximum atomic E-state index is 13.4. The van der Waals surface area contributed by atoms with Crippen LogP contribution in [0.3, 0.4) is 0 Å². The molecule has 0 spiro atoms. The Morgan fingerprint density at radius 2 is 2.06 bits per heavy atom. The van der Waals surface area contributed by atoms with E-state index in [0.717, 1.165) is 43.2 Å². The number of nitrogens with zero attached hydrogens (tertiary/aromatic N) is 6. The van der Waals surface area contributed by atoms with Crippen LogP contribution >= 0.6 is 11.3 Å². The molecule has 2 fully saturated rings. The van der Waals surface area contributed by atoms with Gasteiger partial charge >= 0.3 is 0 Å². The molecule has 0 saturated carbocycles. The highest BCUT2D eigenvalue weighted by atomic mass is 32.1. The summed E-state index contributed by atoms with van der Waals surface area (Å²) in [4.78, 5) is 33.3. The first-order chi connectivity index (χ1) is 15.0. The highest BCUT2D eigenvalue weighted by molar-refractivity contribution is 7.19. The summed E-state index contributed by atoms with van der Waals surface area (Å²) in [5.74, 6) is 0.974. The molecule has 9 nitrogen and oxygen atoms in total. The summed E-state index contributed by atoms with van der Waals surface area (Å²) in [5.41, 5.74) is 0. The zero-order valence-electron chi connectivity index (χ0n) is 18.2. The number of amides is 2. The highest BCUT2D eigenvalue weighted by Gasteiger charge is 2.32. The first-order valence-electron chi connectivity index (χ1n) is 10.9. The molecule has 31 heavy (non-hydrogen) atoms. The Balaban J connectivity index is 1.43. The number of carbonyl (C=O) groups is 2. The number of furan rings is 1. The lowest BCUT2D eigenvalue weighted by atomic mass is 9.96. The van der Waals surface area contributed by atoms with Gasteiger partial charge in [0.2, 0.25) is 22.1 Å². The van der Waals surface area contributed by atoms with Crippen LogP contribution < -0.4 is 9.80 Å². The van der Waals surface area contributed by atoms with Crippen LogP contribution in [0.5, 0.6) is 0 Å². The van der Waals surface area contributed by atoms with E-state index in [1.165, 1.54) is 11.3 Å². The van der Waals surface area contributed by atoms with Crippen molar-refractivity contribution in [1.29, 1.82) is 0 Å². The maximum absolute atomic E-state index is 13.4. The number of carbonyl (C=O) groups excluding carboxylic acids is 2. The van der Waals surface area contributed by atoms with Crippen LogP contribution in [-0.2, 0) is 16.1 Å². The Morgan fingerprint density at radius 3 is 2.77 bits per heavy atom. The summed E-state index contributed by atoms with van der Waals surface area (Å²) in [6, 6.07) is 3.76. The number of piperidine rings is 1. The van der Waals surface area contributed by atoms with Crippen LogP contribution in [0.1, 0.15) is 31.4 Å². The molecule has 2 aromatic heterocycles. The standard InChI is InChI=1S/C21H30N6O3S/c1-24(2)11-12-25(15-17-7-5-13-30-17)19(29)16-6-3-9-26(14-16)20-22-23-21(31-20)27-10-4-8-18(27)28/h5,7,13,16H,3-4,6,8-12,14-15H2,1-2H3. The van der Waals surface area contributed by atoms with Gasteiger partial charge in [0.05, 0.1) is 18.7 Å². The van der Waals surface area contributed by atoms with Gasteiger partial charge in [-0.05, 0) is 45.5 Å². The average Bonchev–Trinajstić information content (AvgIpc) is 3.52. The van der Waals surface area contributed by atoms with Gasteiger partial charge in [-0.25, -0.2) is 0 Å². The third kappa shape index (κ3) is 5.24. The lowest BCUT2D eigenvalue weighted by Crippen LogP contribution is -2.46. The predicted molar refractivity (Wildman–Crippen MR) is 119 cm³/mol. The van der Waals surface area contributed by atoms with E-state index in [4.69, 9.17) is 4.42 Å². The molecule has 4 heterocycles. The lowest BCUT2D eigenvalue weighted by molar-refractivity contribution is -0.136. The van der Waals surface area contributed by atoms with Gasteiger partial charge in [0.15, 0.2) is 0 Å². The van der Waals surface area contributed by atoms with Gasteiger partial charge in [-0.2, -0.15) is 0 Å². The van der Waals surface area contributed by atoms with E-state index in [0.29, 0.717) is 37.7 Å². The van der Waals surface area contributed by atoms with E-state index in [9.17, 15) is 9.59 Å². The molecule has 1 unspecified atom stereocenters. The largest absolute Gasteiger partial charge is 0.467 e. The minimum absolute atomic E-state index is 0.0911. The molecule has 0 bridgehead atoms. The molecule has 168 valence electrons. The summed E-state index contributed by atoms with van der Waals surface area (Å²) in [6.45, 7) is 4.12. The molecule has 0 N–H and O–H groups in total. The summed E-state index contributed by atoms with van der Waals surface area (Å²) >= 11 is 1.44. The van der Waals surface area contributed by atoms with Crippen LogP contribution in [0.2, 0.25) is 0 Å². The molecular weight excluding hydrogens is 416 g/mol. The van der Waals surface area contributed by atoms with E-state index in [1.54, 1.807) is 11.2 Å². The molecule has 4 rings (SSSR count). The van der Waals surface area contributed by atoms with Crippen LogP contribution in [-0.4, -0.2) is 78.6 Å². The zero-order chi connectivity index (χ0) is 21.8. The molecule has 2 saturated heterocycles. The molecule has 2 aliphatic heterocycles. The topological polar surface area (TPSA) is 86.0 Å². The van der Waals surface area contributed by atoms with Crippen LogP contribution in [0.25, 0.3) is 0 Å². The molecule has 0 aromatic carbocycles. The zero-order valence-corrected chi connectivity index (χ0v) is 19.0. The summed E-state index contributed by atoms with van der Waals surface area (Å²) < 4.78 is 5.49. The van der Waals surface area contributed by atoms with Crippen molar-refractivity contribution in [2.45, 2.75) is 32.2 Å². The van der Waals surface area contributed by atoms with E-state index in [2.05, 4.69) is 20.0 Å². The van der Waals surface area contributed by atoms with Gasteiger partial charge in [-0.3, -0.25) is 14.5 Å². The van der Waals surface area contributed by atoms with Crippen molar-refractivity contribution in [2.75, 3.05) is 56.6 Å². The second kappa shape index (κ2) is 9.78. The smallest absolute Gasteiger partial charge is 0.228 e. The number of hydrogen-bond acceptors (Lipinski definition) is 8. The van der Waals surface area contributed by atoms with Crippen molar-refractivity contribution < 1.29 is 14.0 Å². The monoisotopic (exact) mass is 446 g/mol. The molecule has 0 aliphatic carbocycles. The molecule has 10 heteroatoms. The third-order valence-electron chi connectivity index (χ3n) is 5.80. The molecular formula is C21H30N6O3S. The van der Waals surface area contributed by atoms with Gasteiger partial charge in [0.25, 0.3) is 0 Å². The first-order valence-corrected chi connectivity index (χ1v) is 11.7. The Hall–Kier alpha value is -2.46. The van der Waals surface area contributed by atoms with Gasteiger partial charge in [-0.15, -0.1) is 10.2 Å². The summed E-state index contributed by atoms with van der Waals surface area (Å²) in [5, 5.41) is 10.0. The minimum atomic E-state index is -0.0911. The highest BCUT2D eigenvalue weighted by Crippen LogP contribution is 2.32. The maximum Gasteiger partial charge on any atom is 0.228 e. The second-order valence-corrected chi connectivity index (χ2v) is 9.38. The number of anilines is 2. The van der Waals surface area contributed by atoms with Gasteiger partial charge < -0.3 is 19.1 Å². The fraction of sp³-hybridized carbons (Fsp3) is 0.619. The van der Waals surface area contributed by atoms with E-state index >= 15 is 0 Å². The Morgan fingerprint density at radius 1 is 1.23 bits per heavy atom. The molecule has 2 aliphatic rings. The Bertz CT molecular complexity index is 884. The van der Waals surface area contributed by atoms with Crippen LogP contribution in [0.4, 0.5) is 10.3 Å². The van der Waals surface area contributed by atoms with Crippen molar-refractivity contribution in [3.8, 4) is 0 Å². The molecule has 2 aromatic rings. The number of aromatic nitrogens is 2. The number of likely N-dealkylation sites (N-methyl/N-ethyl adjacent to an activating group) is 1. The second-order valence-electron chi connectivity index (χ2n) is 8.44. The third-order valence-corrected chi connectivity index (χ3v) is 6.81. The quantitative estimate of drug-likeness (QED) is 0.613. The summed E-state index contributed by atoms with van der Waals surface area (Å²) in [7, 11) is 4.02. The van der Waals surface area contributed by atoms with Gasteiger partial charge in [0.1, 0.15) is 5.76 Å². The van der Waals surface area contributed by atoms with Crippen molar-refractivity contribution in [2.24, 2.45) is 5.92 Å². The SMILES string of the molecule is CN(C)CCN(Cc1ccco1)C(=O)C1CCCN(c2nnc(N3CCCC3=O)s2)C1. The lowest BCUT2D eigenvalue weighted by Gasteiger charge is -2.34. The first kappa shape index (κ1) is 21.8. The number of hydrogen-bond donors (Lipinski definition) is 0. The Kier molecular flexibility index (Phi) is 6.86. The van der Waals surface area contributed by atoms with Crippen molar-refractivity contribution in [3.63, 3.8) is 0 Å². The van der Waals surface area contributed by atoms with E-state index < -0.39 is 0 Å². The van der Waals surface area contributed by atoms with Crippen molar-refractivity contribution >= 4 is 33.4 Å². The summed E-state index contributed by atoms with van der Waals surface area (Å²) in [6.07, 6.45) is 4.88. The normalized spacial score (nSPS) is 19.5.